The molecule has 0 aromatic carbocycles. The minimum atomic E-state index is -1.19. The number of halogens is 1. The number of carboxylic acid groups (broad SMARTS) is 1. The number of hydrogen-bond donors (Lipinski definition) is 3. The van der Waals surface area contributed by atoms with Gasteiger partial charge in [0.1, 0.15) is 29.4 Å². The summed E-state index contributed by atoms with van der Waals surface area (Å²) in [7, 11) is 0. The lowest BCUT2D eigenvalue weighted by Crippen LogP contribution is -2.70. The molecule has 3 heterocycles. The standard InChI is InChI=1S/C14H14ClN5O5S2/c15-2-3-25-19-8(6-5-27-14(16)17-6)10(21)18-9-11(22)20-7(13(23)24)1-4-26-12(9)20/h1,5,9,12H,2-4H2,(H2,16,17)(H,18,21)(H,23,24)/t9?,12-/m0/s1. The summed E-state index contributed by atoms with van der Waals surface area (Å²) in [6, 6.07) is -0.875. The molecule has 0 spiro atoms. The lowest BCUT2D eigenvalue weighted by Gasteiger charge is -2.48. The molecule has 1 unspecified atom stereocenters. The summed E-state index contributed by atoms with van der Waals surface area (Å²) in [4.78, 5) is 46.4. The van der Waals surface area contributed by atoms with Crippen molar-refractivity contribution in [2.45, 2.75) is 11.4 Å². The van der Waals surface area contributed by atoms with Crippen LogP contribution in [0.25, 0.3) is 0 Å². The van der Waals surface area contributed by atoms with Crippen LogP contribution in [0.2, 0.25) is 0 Å². The fourth-order valence-electron chi connectivity index (χ4n) is 2.49. The summed E-state index contributed by atoms with van der Waals surface area (Å²) in [6.07, 6.45) is 1.46. The number of aromatic nitrogens is 1. The van der Waals surface area contributed by atoms with Crippen LogP contribution in [-0.2, 0) is 19.2 Å². The summed E-state index contributed by atoms with van der Waals surface area (Å²) < 4.78 is 0. The van der Waals surface area contributed by atoms with Gasteiger partial charge in [-0.1, -0.05) is 5.16 Å². The molecule has 3 rings (SSSR count). The van der Waals surface area contributed by atoms with E-state index in [9.17, 15) is 19.5 Å². The fraction of sp³-hybridized carbons (Fsp3) is 0.357. The molecular weight excluding hydrogens is 418 g/mol. The number of thiazole rings is 1. The average molecular weight is 432 g/mol. The van der Waals surface area contributed by atoms with Crippen LogP contribution in [0, 0.1) is 0 Å². The van der Waals surface area contributed by atoms with E-state index in [1.807, 2.05) is 0 Å². The lowest BCUT2D eigenvalue weighted by atomic mass is 10.0. The van der Waals surface area contributed by atoms with Crippen molar-refractivity contribution in [3.05, 3.63) is 22.8 Å². The Hall–Kier alpha value is -2.31. The maximum atomic E-state index is 12.6. The molecule has 1 aromatic rings. The molecule has 0 saturated carbocycles. The second kappa shape index (κ2) is 8.15. The van der Waals surface area contributed by atoms with Gasteiger partial charge in [0.15, 0.2) is 10.8 Å². The van der Waals surface area contributed by atoms with Crippen molar-refractivity contribution in [1.82, 2.24) is 15.2 Å². The Bertz CT molecular complexity index is 842. The molecule has 1 saturated heterocycles. The van der Waals surface area contributed by atoms with Gasteiger partial charge in [0, 0.05) is 11.1 Å². The summed E-state index contributed by atoms with van der Waals surface area (Å²) >= 11 is 8.00. The molecule has 2 atom stereocenters. The van der Waals surface area contributed by atoms with Crippen LogP contribution in [0.5, 0.6) is 0 Å². The van der Waals surface area contributed by atoms with Crippen molar-refractivity contribution in [3.63, 3.8) is 0 Å². The molecule has 4 N–H and O–H groups in total. The van der Waals surface area contributed by atoms with E-state index in [1.54, 1.807) is 0 Å². The van der Waals surface area contributed by atoms with Gasteiger partial charge < -0.3 is 21.0 Å². The third kappa shape index (κ3) is 3.87. The van der Waals surface area contributed by atoms with E-state index < -0.39 is 29.2 Å². The van der Waals surface area contributed by atoms with Gasteiger partial charge in [-0.15, -0.1) is 34.7 Å². The molecule has 1 aromatic heterocycles. The Morgan fingerprint density at radius 3 is 2.96 bits per heavy atom. The van der Waals surface area contributed by atoms with Crippen molar-refractivity contribution in [2.75, 3.05) is 24.0 Å². The topological polar surface area (TPSA) is 147 Å². The molecule has 2 aliphatic heterocycles. The summed E-state index contributed by atoms with van der Waals surface area (Å²) in [6.45, 7) is 0.0827. The second-order valence-corrected chi connectivity index (χ2v) is 7.73. The minimum Gasteiger partial charge on any atom is -0.477 e. The number of aliphatic carboxylic acids is 1. The Balaban J connectivity index is 1.75. The summed E-state index contributed by atoms with van der Waals surface area (Å²) in [5.41, 5.74) is 5.57. The Labute approximate surface area is 166 Å². The first-order valence-electron chi connectivity index (χ1n) is 7.60. The molecule has 27 heavy (non-hydrogen) atoms. The number of oxime groups is 1. The highest BCUT2D eigenvalue weighted by molar-refractivity contribution is 8.00. The number of carbonyl (C=O) groups excluding carboxylic acids is 2. The van der Waals surface area contributed by atoms with E-state index in [2.05, 4.69) is 15.5 Å². The number of β-lactam (4-membered cyclic amide) rings is 1. The molecule has 0 radical (unpaired) electrons. The number of alkyl halides is 1. The summed E-state index contributed by atoms with van der Waals surface area (Å²) in [5.74, 6) is -1.78. The van der Waals surface area contributed by atoms with Crippen molar-refractivity contribution in [1.29, 1.82) is 0 Å². The lowest BCUT2D eigenvalue weighted by molar-refractivity contribution is -0.150. The normalized spacial score (nSPS) is 21.8. The van der Waals surface area contributed by atoms with Crippen LogP contribution in [0.1, 0.15) is 5.69 Å². The first kappa shape index (κ1) is 19.5. The van der Waals surface area contributed by atoms with Crippen molar-refractivity contribution >= 4 is 63.3 Å². The molecule has 2 amide bonds. The third-order valence-corrected chi connectivity index (χ3v) is 5.67. The number of anilines is 1. The quantitative estimate of drug-likeness (QED) is 0.180. The molecular formula is C14H14ClN5O5S2. The van der Waals surface area contributed by atoms with Gasteiger partial charge >= 0.3 is 5.97 Å². The highest BCUT2D eigenvalue weighted by atomic mass is 35.5. The van der Waals surface area contributed by atoms with E-state index in [0.717, 1.165) is 16.2 Å². The van der Waals surface area contributed by atoms with E-state index in [-0.39, 0.29) is 34.7 Å². The third-order valence-electron chi connectivity index (χ3n) is 3.66. The van der Waals surface area contributed by atoms with E-state index in [1.165, 1.54) is 23.2 Å². The maximum Gasteiger partial charge on any atom is 0.352 e. The first-order valence-corrected chi connectivity index (χ1v) is 10.1. The predicted octanol–water partition coefficient (Wildman–Crippen LogP) is 0.0532. The van der Waals surface area contributed by atoms with Crippen LogP contribution in [0.15, 0.2) is 22.3 Å². The van der Waals surface area contributed by atoms with Crippen LogP contribution in [-0.4, -0.2) is 68.1 Å². The van der Waals surface area contributed by atoms with Crippen LogP contribution in [0.4, 0.5) is 5.13 Å². The number of thioether (sulfide) groups is 1. The van der Waals surface area contributed by atoms with Gasteiger partial charge in [-0.25, -0.2) is 9.78 Å². The number of hydrogen-bond acceptors (Lipinski definition) is 9. The number of fused-ring (bicyclic) bond motifs is 1. The number of nitrogen functional groups attached to an aromatic ring is 1. The number of carboxylic acids is 1. The largest absolute Gasteiger partial charge is 0.477 e. The first-order chi connectivity index (χ1) is 12.9. The van der Waals surface area contributed by atoms with Crippen molar-refractivity contribution in [3.8, 4) is 0 Å². The van der Waals surface area contributed by atoms with Crippen LogP contribution in [0.3, 0.4) is 0 Å². The Morgan fingerprint density at radius 2 is 2.33 bits per heavy atom. The zero-order chi connectivity index (χ0) is 19.6. The zero-order valence-corrected chi connectivity index (χ0v) is 16.0. The second-order valence-electron chi connectivity index (χ2n) is 5.31. The number of carbonyl (C=O) groups is 3. The molecule has 13 heteroatoms. The minimum absolute atomic E-state index is 0.0825. The fourth-order valence-corrected chi connectivity index (χ4v) is 4.30. The van der Waals surface area contributed by atoms with Gasteiger partial charge in [0.25, 0.3) is 11.8 Å². The van der Waals surface area contributed by atoms with Gasteiger partial charge in [-0.2, -0.15) is 0 Å². The smallest absolute Gasteiger partial charge is 0.352 e. The Kier molecular flexibility index (Phi) is 5.87. The molecule has 144 valence electrons. The predicted molar refractivity (Wildman–Crippen MR) is 100 cm³/mol. The number of amides is 2. The number of rotatable bonds is 7. The molecule has 1 fully saturated rings. The molecule has 10 nitrogen and oxygen atoms in total. The molecule has 0 bridgehead atoms. The number of nitrogens with zero attached hydrogens (tertiary/aromatic N) is 3. The van der Waals surface area contributed by atoms with E-state index in [4.69, 9.17) is 22.2 Å². The number of nitrogens with one attached hydrogen (secondary N) is 1. The zero-order valence-electron chi connectivity index (χ0n) is 13.6. The van der Waals surface area contributed by atoms with E-state index in [0.29, 0.717) is 5.75 Å². The molecule has 0 aliphatic carbocycles. The van der Waals surface area contributed by atoms with E-state index >= 15 is 0 Å². The van der Waals surface area contributed by atoms with Crippen LogP contribution >= 0.6 is 34.7 Å². The highest BCUT2D eigenvalue weighted by Gasteiger charge is 2.53. The maximum absolute atomic E-state index is 12.6. The van der Waals surface area contributed by atoms with Gasteiger partial charge in [-0.05, 0) is 6.08 Å². The number of nitrogens with two attached hydrogens (primary N) is 1. The highest BCUT2D eigenvalue weighted by Crippen LogP contribution is 2.37. The van der Waals surface area contributed by atoms with Gasteiger partial charge in [0.2, 0.25) is 0 Å². The Morgan fingerprint density at radius 1 is 1.56 bits per heavy atom. The summed E-state index contributed by atoms with van der Waals surface area (Å²) in [5, 5.41) is 16.8. The van der Waals surface area contributed by atoms with Gasteiger partial charge in [0.05, 0.1) is 5.88 Å². The van der Waals surface area contributed by atoms with Crippen molar-refractivity contribution < 1.29 is 24.3 Å². The average Bonchev–Trinajstić information content (AvgIpc) is 3.08. The SMILES string of the molecule is Nc1nc(C(=NOCCCl)C(=O)NC2C(=O)N3C(C(=O)O)=CCS[C@@H]23)cs1. The molecule has 2 aliphatic rings. The van der Waals surface area contributed by atoms with Crippen LogP contribution < -0.4 is 11.1 Å². The van der Waals surface area contributed by atoms with Gasteiger partial charge in [-0.3, -0.25) is 14.5 Å². The van der Waals surface area contributed by atoms with Crippen molar-refractivity contribution in [2.24, 2.45) is 5.16 Å². The monoisotopic (exact) mass is 431 g/mol.